The molecule has 0 amide bonds. The number of ether oxygens (including phenoxy) is 4. The van der Waals surface area contributed by atoms with Gasteiger partial charge < -0.3 is 18.9 Å². The van der Waals surface area contributed by atoms with Gasteiger partial charge in [0.2, 0.25) is 0 Å². The molecule has 6 nitrogen and oxygen atoms in total. The van der Waals surface area contributed by atoms with Gasteiger partial charge in [0, 0.05) is 22.3 Å². The van der Waals surface area contributed by atoms with Gasteiger partial charge >= 0.3 is 0 Å². The van der Waals surface area contributed by atoms with E-state index in [9.17, 15) is 9.59 Å². The highest BCUT2D eigenvalue weighted by Gasteiger charge is 2.19. The van der Waals surface area contributed by atoms with E-state index in [1.807, 2.05) is 13.8 Å². The number of hydrogen-bond acceptors (Lipinski definition) is 6. The van der Waals surface area contributed by atoms with Crippen LogP contribution < -0.4 is 18.9 Å². The minimum absolute atomic E-state index is 0.250. The highest BCUT2D eigenvalue weighted by atomic mass is 16.5. The summed E-state index contributed by atoms with van der Waals surface area (Å²) in [6, 6.07) is 9.95. The summed E-state index contributed by atoms with van der Waals surface area (Å²) < 4.78 is 21.6. The molecule has 0 spiro atoms. The number of benzene rings is 2. The maximum atomic E-state index is 13.0. The third-order valence-electron chi connectivity index (χ3n) is 4.69. The molecular weight excluding hydrogens is 384 g/mol. The third kappa shape index (κ3) is 5.00. The molecule has 0 saturated carbocycles. The highest BCUT2D eigenvalue weighted by molar-refractivity contribution is 6.17. The van der Waals surface area contributed by atoms with Crippen LogP contribution >= 0.6 is 0 Å². The summed E-state index contributed by atoms with van der Waals surface area (Å²) in [7, 11) is 3.03. The van der Waals surface area contributed by atoms with Crippen LogP contribution in [-0.4, -0.2) is 39.0 Å². The number of carbonyl (C=O) groups is 2. The van der Waals surface area contributed by atoms with Gasteiger partial charge in [-0.15, -0.1) is 0 Å². The van der Waals surface area contributed by atoms with Crippen LogP contribution in [0.5, 0.6) is 23.0 Å². The molecule has 0 bridgehead atoms. The van der Waals surface area contributed by atoms with E-state index in [4.69, 9.17) is 18.9 Å². The Hall–Kier alpha value is -3.28. The Morgan fingerprint density at radius 2 is 1.03 bits per heavy atom. The fraction of sp³-hybridized carbons (Fsp3) is 0.333. The zero-order valence-electron chi connectivity index (χ0n) is 18.3. The lowest BCUT2D eigenvalue weighted by molar-refractivity contribution is 0.0999. The first kappa shape index (κ1) is 23.0. The van der Waals surface area contributed by atoms with Crippen LogP contribution in [0, 0.1) is 0 Å². The van der Waals surface area contributed by atoms with Crippen LogP contribution in [0.4, 0.5) is 0 Å². The van der Waals surface area contributed by atoms with Crippen molar-refractivity contribution in [3.8, 4) is 23.0 Å². The van der Waals surface area contributed by atoms with Crippen LogP contribution in [0.15, 0.2) is 47.5 Å². The first-order valence-electron chi connectivity index (χ1n) is 9.76. The number of hydrogen-bond donors (Lipinski definition) is 0. The van der Waals surface area contributed by atoms with E-state index in [0.717, 1.165) is 0 Å². The van der Waals surface area contributed by atoms with Gasteiger partial charge in [0.15, 0.2) is 34.6 Å². The topological polar surface area (TPSA) is 71.1 Å². The maximum Gasteiger partial charge on any atom is 0.189 e. The molecule has 2 aromatic carbocycles. The molecule has 0 aliphatic heterocycles. The Labute approximate surface area is 177 Å². The predicted molar refractivity (Wildman–Crippen MR) is 115 cm³/mol. The van der Waals surface area contributed by atoms with Crippen LogP contribution in [-0.2, 0) is 0 Å². The summed E-state index contributed by atoms with van der Waals surface area (Å²) in [6.07, 6.45) is 0. The number of methoxy groups -OCH3 is 2. The van der Waals surface area contributed by atoms with Crippen LogP contribution in [0.2, 0.25) is 0 Å². The van der Waals surface area contributed by atoms with Crippen molar-refractivity contribution in [2.75, 3.05) is 27.4 Å². The molecule has 0 N–H and O–H groups in total. The van der Waals surface area contributed by atoms with Gasteiger partial charge in [0.1, 0.15) is 0 Å². The van der Waals surface area contributed by atoms with E-state index in [1.54, 1.807) is 50.2 Å². The van der Waals surface area contributed by atoms with E-state index in [2.05, 4.69) is 0 Å². The van der Waals surface area contributed by atoms with E-state index in [0.29, 0.717) is 58.5 Å². The maximum absolute atomic E-state index is 13.0. The molecule has 0 atom stereocenters. The van der Waals surface area contributed by atoms with Gasteiger partial charge in [-0.1, -0.05) is 0 Å². The van der Waals surface area contributed by atoms with Crippen molar-refractivity contribution >= 4 is 11.6 Å². The lowest BCUT2D eigenvalue weighted by Crippen LogP contribution is -2.10. The molecule has 0 heterocycles. The monoisotopic (exact) mass is 412 g/mol. The number of Topliss-reactive ketones (excluding diaryl/α,β-unsaturated/α-hetero) is 2. The van der Waals surface area contributed by atoms with Gasteiger partial charge in [-0.2, -0.15) is 0 Å². The fourth-order valence-corrected chi connectivity index (χ4v) is 2.94. The van der Waals surface area contributed by atoms with Gasteiger partial charge in [-0.3, -0.25) is 9.59 Å². The average molecular weight is 412 g/mol. The van der Waals surface area contributed by atoms with E-state index in [-0.39, 0.29) is 11.6 Å². The van der Waals surface area contributed by atoms with Crippen LogP contribution in [0.1, 0.15) is 48.4 Å². The molecule has 30 heavy (non-hydrogen) atoms. The Morgan fingerprint density at radius 1 is 0.667 bits per heavy atom. The Balaban J connectivity index is 2.35. The summed E-state index contributed by atoms with van der Waals surface area (Å²) in [4.78, 5) is 25.9. The molecule has 0 saturated heterocycles. The molecule has 0 fully saturated rings. The number of ketones is 2. The molecule has 0 aromatic heterocycles. The van der Waals surface area contributed by atoms with Crippen molar-refractivity contribution in [1.29, 1.82) is 0 Å². The second-order valence-electron chi connectivity index (χ2n) is 6.51. The lowest BCUT2D eigenvalue weighted by atomic mass is 9.95. The summed E-state index contributed by atoms with van der Waals surface area (Å²) in [6.45, 7) is 8.00. The predicted octanol–water partition coefficient (Wildman–Crippen LogP) is 4.90. The van der Waals surface area contributed by atoms with Crippen molar-refractivity contribution in [3.63, 3.8) is 0 Å². The van der Waals surface area contributed by atoms with E-state index < -0.39 is 0 Å². The zero-order chi connectivity index (χ0) is 22.3. The molecule has 2 aromatic rings. The van der Waals surface area contributed by atoms with Crippen molar-refractivity contribution in [2.45, 2.75) is 27.7 Å². The second-order valence-corrected chi connectivity index (χ2v) is 6.51. The molecule has 2 rings (SSSR count). The van der Waals surface area contributed by atoms with Crippen molar-refractivity contribution in [3.05, 3.63) is 58.7 Å². The third-order valence-corrected chi connectivity index (χ3v) is 4.69. The summed E-state index contributed by atoms with van der Waals surface area (Å²) in [5, 5.41) is 0. The fourth-order valence-electron chi connectivity index (χ4n) is 2.94. The smallest absolute Gasteiger partial charge is 0.189 e. The molecule has 0 aliphatic carbocycles. The van der Waals surface area contributed by atoms with Gasteiger partial charge in [0.25, 0.3) is 0 Å². The summed E-state index contributed by atoms with van der Waals surface area (Å²) in [5.41, 5.74) is 1.56. The van der Waals surface area contributed by atoms with Crippen LogP contribution in [0.25, 0.3) is 0 Å². The Kier molecular flexibility index (Phi) is 8.04. The first-order chi connectivity index (χ1) is 14.4. The Bertz CT molecular complexity index is 881. The minimum Gasteiger partial charge on any atom is -0.493 e. The number of carbonyl (C=O) groups excluding carboxylic acids is 2. The molecule has 0 aliphatic rings. The van der Waals surface area contributed by atoms with E-state index >= 15 is 0 Å². The summed E-state index contributed by atoms with van der Waals surface area (Å²) >= 11 is 0. The SMILES string of the molecule is CCOc1ccc(C(=O)C(C)=C(C)C(=O)c2ccc(OCC)c(OC)c2)cc1OC. The second kappa shape index (κ2) is 10.5. The molecule has 0 radical (unpaired) electrons. The van der Waals surface area contributed by atoms with Crippen molar-refractivity contribution in [1.82, 2.24) is 0 Å². The lowest BCUT2D eigenvalue weighted by Gasteiger charge is -2.13. The van der Waals surface area contributed by atoms with Crippen LogP contribution in [0.3, 0.4) is 0 Å². The molecule has 160 valence electrons. The molecule has 0 unspecified atom stereocenters. The largest absolute Gasteiger partial charge is 0.493 e. The first-order valence-corrected chi connectivity index (χ1v) is 9.76. The van der Waals surface area contributed by atoms with Gasteiger partial charge in [-0.05, 0) is 64.1 Å². The summed E-state index contributed by atoms with van der Waals surface area (Å²) in [5.74, 6) is 1.56. The minimum atomic E-state index is -0.250. The Morgan fingerprint density at radius 3 is 1.33 bits per heavy atom. The number of allylic oxidation sites excluding steroid dienone is 2. The average Bonchev–Trinajstić information content (AvgIpc) is 2.77. The zero-order valence-corrected chi connectivity index (χ0v) is 18.3. The van der Waals surface area contributed by atoms with Crippen molar-refractivity contribution < 1.29 is 28.5 Å². The number of rotatable bonds is 10. The highest BCUT2D eigenvalue weighted by Crippen LogP contribution is 2.31. The normalized spacial score (nSPS) is 11.4. The van der Waals surface area contributed by atoms with Gasteiger partial charge in [-0.25, -0.2) is 0 Å². The molecular formula is C24H28O6. The van der Waals surface area contributed by atoms with E-state index in [1.165, 1.54) is 14.2 Å². The standard InChI is InChI=1S/C24H28O6/c1-7-29-19-11-9-17(13-21(19)27-5)23(25)15(3)16(4)24(26)18-10-12-20(30-8-2)22(14-18)28-6/h9-14H,7-8H2,1-6H3. The quantitative estimate of drug-likeness (QED) is 0.408. The van der Waals surface area contributed by atoms with Gasteiger partial charge in [0.05, 0.1) is 27.4 Å². The molecule has 6 heteroatoms. The van der Waals surface area contributed by atoms with Crippen molar-refractivity contribution in [2.24, 2.45) is 0 Å².